The molecule has 0 saturated carbocycles. The highest BCUT2D eigenvalue weighted by Gasteiger charge is 2.14. The van der Waals surface area contributed by atoms with Gasteiger partial charge >= 0.3 is 5.97 Å². The predicted octanol–water partition coefficient (Wildman–Crippen LogP) is 0.0125. The van der Waals surface area contributed by atoms with Gasteiger partial charge < -0.3 is 15.0 Å². The van der Waals surface area contributed by atoms with Crippen LogP contribution in [0, 0.1) is 0 Å². The van der Waals surface area contributed by atoms with E-state index in [0.717, 1.165) is 5.16 Å². The monoisotopic (exact) mass is 215 g/mol. The summed E-state index contributed by atoms with van der Waals surface area (Å²) in [6.07, 6.45) is 3.54. The molecule has 0 bridgehead atoms. The molecule has 0 amide bonds. The molecule has 0 saturated heterocycles. The molecule has 1 aromatic rings. The summed E-state index contributed by atoms with van der Waals surface area (Å²) in [6.45, 7) is 0. The molecule has 1 atom stereocenters. The van der Waals surface area contributed by atoms with Crippen LogP contribution in [-0.2, 0) is 16.6 Å². The Hall–Kier alpha value is -1.01. The average Bonchev–Trinajstić information content (AvgIpc) is 2.59. The highest BCUT2D eigenvalue weighted by molar-refractivity contribution is 7.99. The maximum Gasteiger partial charge on any atom is 0.323 e. The van der Waals surface area contributed by atoms with E-state index < -0.39 is 12.0 Å². The Labute approximate surface area is 86.6 Å². The SMILES string of the molecule is COC(=O)[C@H](N)CSc1nccn1C. The van der Waals surface area contributed by atoms with E-state index in [1.807, 2.05) is 17.8 Å². The van der Waals surface area contributed by atoms with Gasteiger partial charge in [0, 0.05) is 25.2 Å². The number of nitrogens with two attached hydrogens (primary N) is 1. The molecule has 6 heteroatoms. The minimum Gasteiger partial charge on any atom is -0.468 e. The number of hydrogen-bond donors (Lipinski definition) is 1. The van der Waals surface area contributed by atoms with Crippen LogP contribution in [-0.4, -0.2) is 34.4 Å². The van der Waals surface area contributed by atoms with E-state index >= 15 is 0 Å². The number of rotatable bonds is 4. The quantitative estimate of drug-likeness (QED) is 0.566. The van der Waals surface area contributed by atoms with Crippen molar-refractivity contribution in [1.29, 1.82) is 0 Å². The average molecular weight is 215 g/mol. The van der Waals surface area contributed by atoms with Gasteiger partial charge in [-0.2, -0.15) is 0 Å². The smallest absolute Gasteiger partial charge is 0.323 e. The highest BCUT2D eigenvalue weighted by atomic mass is 32.2. The van der Waals surface area contributed by atoms with Crippen LogP contribution in [0.1, 0.15) is 0 Å². The molecule has 0 fully saturated rings. The molecule has 2 N–H and O–H groups in total. The van der Waals surface area contributed by atoms with Crippen molar-refractivity contribution in [3.8, 4) is 0 Å². The van der Waals surface area contributed by atoms with Crippen molar-refractivity contribution in [1.82, 2.24) is 9.55 Å². The van der Waals surface area contributed by atoms with Crippen LogP contribution in [0.4, 0.5) is 0 Å². The van der Waals surface area contributed by atoms with Gasteiger partial charge in [0.05, 0.1) is 7.11 Å². The molecule has 78 valence electrons. The van der Waals surface area contributed by atoms with Crippen LogP contribution in [0.3, 0.4) is 0 Å². The van der Waals surface area contributed by atoms with Crippen LogP contribution >= 0.6 is 11.8 Å². The Balaban J connectivity index is 2.41. The summed E-state index contributed by atoms with van der Waals surface area (Å²) >= 11 is 1.43. The lowest BCUT2D eigenvalue weighted by Gasteiger charge is -2.07. The van der Waals surface area contributed by atoms with Gasteiger partial charge in [-0.15, -0.1) is 0 Å². The number of carbonyl (C=O) groups is 1. The molecule has 0 spiro atoms. The molecular formula is C8H13N3O2S. The van der Waals surface area contributed by atoms with E-state index in [9.17, 15) is 4.79 Å². The number of methoxy groups -OCH3 is 1. The minimum absolute atomic E-state index is 0.397. The first-order valence-electron chi connectivity index (χ1n) is 4.08. The number of thioether (sulfide) groups is 1. The Morgan fingerprint density at radius 1 is 1.86 bits per heavy atom. The fourth-order valence-corrected chi connectivity index (χ4v) is 1.74. The molecule has 0 unspecified atom stereocenters. The van der Waals surface area contributed by atoms with Gasteiger partial charge in [-0.05, 0) is 0 Å². The van der Waals surface area contributed by atoms with E-state index in [0.29, 0.717) is 5.75 Å². The summed E-state index contributed by atoms with van der Waals surface area (Å²) < 4.78 is 6.38. The third-order valence-electron chi connectivity index (χ3n) is 1.67. The fourth-order valence-electron chi connectivity index (χ4n) is 0.875. The van der Waals surface area contributed by atoms with E-state index in [1.165, 1.54) is 18.9 Å². The summed E-state index contributed by atoms with van der Waals surface area (Å²) in [6, 6.07) is -0.596. The van der Waals surface area contributed by atoms with Crippen LogP contribution in [0.25, 0.3) is 0 Å². The van der Waals surface area contributed by atoms with Crippen LogP contribution in [0.15, 0.2) is 17.6 Å². The van der Waals surface area contributed by atoms with E-state index in [2.05, 4.69) is 9.72 Å². The van der Waals surface area contributed by atoms with Crippen molar-refractivity contribution >= 4 is 17.7 Å². The van der Waals surface area contributed by atoms with E-state index in [1.54, 1.807) is 6.20 Å². The van der Waals surface area contributed by atoms with Crippen LogP contribution in [0.5, 0.6) is 0 Å². The van der Waals surface area contributed by atoms with Gasteiger partial charge in [0.15, 0.2) is 5.16 Å². The topological polar surface area (TPSA) is 70.1 Å². The predicted molar refractivity (Wildman–Crippen MR) is 53.9 cm³/mol. The second kappa shape index (κ2) is 5.02. The third-order valence-corrected chi connectivity index (χ3v) is 2.85. The minimum atomic E-state index is -0.596. The Bertz CT molecular complexity index is 313. The van der Waals surface area contributed by atoms with Gasteiger partial charge in [0.1, 0.15) is 6.04 Å². The standard InChI is InChI=1S/C8H13N3O2S/c1-11-4-3-10-8(11)14-5-6(9)7(12)13-2/h3-4,6H,5,9H2,1-2H3/t6-/m1/s1. The van der Waals surface area contributed by atoms with E-state index in [4.69, 9.17) is 5.73 Å². The lowest BCUT2D eigenvalue weighted by atomic mass is 10.4. The molecule has 1 aromatic heterocycles. The Kier molecular flexibility index (Phi) is 3.97. The molecular weight excluding hydrogens is 202 g/mol. The van der Waals surface area contributed by atoms with Crippen LogP contribution < -0.4 is 5.73 Å². The molecule has 0 radical (unpaired) electrons. The molecule has 1 rings (SSSR count). The van der Waals surface area contributed by atoms with Crippen molar-refractivity contribution < 1.29 is 9.53 Å². The van der Waals surface area contributed by atoms with Gasteiger partial charge in [0.2, 0.25) is 0 Å². The first-order chi connectivity index (χ1) is 6.65. The summed E-state index contributed by atoms with van der Waals surface area (Å²) in [5, 5.41) is 0.837. The maximum atomic E-state index is 11.0. The fraction of sp³-hybridized carbons (Fsp3) is 0.500. The number of hydrogen-bond acceptors (Lipinski definition) is 5. The van der Waals surface area contributed by atoms with Crippen molar-refractivity contribution in [3.63, 3.8) is 0 Å². The van der Waals surface area contributed by atoms with Gasteiger partial charge in [-0.3, -0.25) is 4.79 Å². The molecule has 0 aromatic carbocycles. The second-order valence-electron chi connectivity index (χ2n) is 2.76. The third kappa shape index (κ3) is 2.74. The zero-order valence-corrected chi connectivity index (χ0v) is 8.95. The number of ether oxygens (including phenoxy) is 1. The van der Waals surface area contributed by atoms with Crippen LogP contribution in [0.2, 0.25) is 0 Å². The number of nitrogens with zero attached hydrogens (tertiary/aromatic N) is 2. The van der Waals surface area contributed by atoms with E-state index in [-0.39, 0.29) is 0 Å². The number of aromatic nitrogens is 2. The number of esters is 1. The van der Waals surface area contributed by atoms with Crippen molar-refractivity contribution in [2.75, 3.05) is 12.9 Å². The number of aryl methyl sites for hydroxylation is 1. The summed E-state index contributed by atoms with van der Waals surface area (Å²) in [4.78, 5) is 15.1. The maximum absolute atomic E-state index is 11.0. The van der Waals surface area contributed by atoms with Crippen molar-refractivity contribution in [2.24, 2.45) is 12.8 Å². The molecule has 0 aliphatic carbocycles. The Morgan fingerprint density at radius 2 is 2.57 bits per heavy atom. The van der Waals surface area contributed by atoms with Crippen molar-refractivity contribution in [3.05, 3.63) is 12.4 Å². The van der Waals surface area contributed by atoms with Gasteiger partial charge in [-0.1, -0.05) is 11.8 Å². The largest absolute Gasteiger partial charge is 0.468 e. The number of carbonyl (C=O) groups excluding carboxylic acids is 1. The first kappa shape index (κ1) is 11.1. The normalized spacial score (nSPS) is 12.5. The second-order valence-corrected chi connectivity index (χ2v) is 3.75. The Morgan fingerprint density at radius 3 is 3.07 bits per heavy atom. The van der Waals surface area contributed by atoms with Crippen molar-refractivity contribution in [2.45, 2.75) is 11.2 Å². The zero-order valence-electron chi connectivity index (χ0n) is 8.14. The lowest BCUT2D eigenvalue weighted by Crippen LogP contribution is -2.33. The van der Waals surface area contributed by atoms with Gasteiger partial charge in [0.25, 0.3) is 0 Å². The molecule has 1 heterocycles. The van der Waals surface area contributed by atoms with Gasteiger partial charge in [-0.25, -0.2) is 4.98 Å². The summed E-state index contributed by atoms with van der Waals surface area (Å²) in [5.41, 5.74) is 5.56. The molecule has 0 aliphatic heterocycles. The molecule has 0 aliphatic rings. The summed E-state index contributed by atoms with van der Waals surface area (Å²) in [5.74, 6) is 0.0732. The number of imidazole rings is 1. The lowest BCUT2D eigenvalue weighted by molar-refractivity contribution is -0.141. The zero-order chi connectivity index (χ0) is 10.6. The first-order valence-corrected chi connectivity index (χ1v) is 5.07. The highest BCUT2D eigenvalue weighted by Crippen LogP contribution is 2.14. The summed E-state index contributed by atoms with van der Waals surface area (Å²) in [7, 11) is 3.21. The molecule has 14 heavy (non-hydrogen) atoms. The molecule has 5 nitrogen and oxygen atoms in total.